The molecule has 0 saturated heterocycles. The Morgan fingerprint density at radius 3 is 1.87 bits per heavy atom. The van der Waals surface area contributed by atoms with E-state index in [1.54, 1.807) is 0 Å². The van der Waals surface area contributed by atoms with Crippen molar-refractivity contribution in [3.8, 4) is 0 Å². The number of rotatable bonds is 9. The lowest BCUT2D eigenvalue weighted by Crippen LogP contribution is -1.96. The summed E-state index contributed by atoms with van der Waals surface area (Å²) in [6.07, 6.45) is 21.6. The molecule has 0 bridgehead atoms. The minimum absolute atomic E-state index is 1.12. The SMILES string of the molecule is C=CC(=C\C(=C/C)C(\C)=C\c1c(/C=C\C)c(C)c2ccccc2c1C)/C(=C/C)c1sc(/C=C\C)c(C=C)c1C. The Kier molecular flexibility index (Phi) is 10.3. The van der Waals surface area contributed by atoms with Crippen LogP contribution in [0.4, 0.5) is 0 Å². The molecule has 0 atom stereocenters. The third-order valence-corrected chi connectivity index (χ3v) is 8.72. The molecule has 0 nitrogen and oxygen atoms in total. The highest BCUT2D eigenvalue weighted by atomic mass is 32.1. The summed E-state index contributed by atoms with van der Waals surface area (Å²) in [5, 5.41) is 2.63. The Balaban J connectivity index is 2.18. The molecule has 3 rings (SSSR count). The number of fused-ring (bicyclic) bond motifs is 1. The van der Waals surface area contributed by atoms with Gasteiger partial charge in [0.05, 0.1) is 0 Å². The molecule has 0 fully saturated rings. The van der Waals surface area contributed by atoms with Crippen LogP contribution in [0.1, 0.15) is 77.8 Å². The van der Waals surface area contributed by atoms with Gasteiger partial charge in [0.1, 0.15) is 0 Å². The molecule has 0 aliphatic rings. The van der Waals surface area contributed by atoms with Crippen LogP contribution in [0.15, 0.2) is 90.6 Å². The van der Waals surface area contributed by atoms with E-state index in [0.717, 1.165) is 5.57 Å². The highest BCUT2D eigenvalue weighted by Crippen LogP contribution is 2.39. The van der Waals surface area contributed by atoms with Crippen LogP contribution in [-0.4, -0.2) is 0 Å². The Morgan fingerprint density at radius 1 is 0.744 bits per heavy atom. The summed E-state index contributed by atoms with van der Waals surface area (Å²) in [7, 11) is 0. The summed E-state index contributed by atoms with van der Waals surface area (Å²) in [6, 6.07) is 8.72. The van der Waals surface area contributed by atoms with Crippen molar-refractivity contribution in [3.63, 3.8) is 0 Å². The van der Waals surface area contributed by atoms with Crippen molar-refractivity contribution in [1.82, 2.24) is 0 Å². The normalized spacial score (nSPS) is 13.7. The smallest absolute Gasteiger partial charge is 0.0387 e. The van der Waals surface area contributed by atoms with Crippen molar-refractivity contribution >= 4 is 52.0 Å². The molecule has 0 amide bonds. The Morgan fingerprint density at radius 2 is 1.36 bits per heavy atom. The molecule has 1 aromatic heterocycles. The van der Waals surface area contributed by atoms with Gasteiger partial charge in [-0.2, -0.15) is 0 Å². The predicted molar refractivity (Wildman–Crippen MR) is 181 cm³/mol. The molecular weight excluding hydrogens is 488 g/mol. The van der Waals surface area contributed by atoms with E-state index in [-0.39, 0.29) is 0 Å². The van der Waals surface area contributed by atoms with Gasteiger partial charge >= 0.3 is 0 Å². The van der Waals surface area contributed by atoms with E-state index in [2.05, 4.69) is 141 Å². The lowest BCUT2D eigenvalue weighted by Gasteiger charge is -2.17. The van der Waals surface area contributed by atoms with Crippen LogP contribution in [0.2, 0.25) is 0 Å². The van der Waals surface area contributed by atoms with E-state index in [9.17, 15) is 0 Å². The fraction of sp³-hybridized carbons (Fsp3) is 0.211. The van der Waals surface area contributed by atoms with E-state index >= 15 is 0 Å². The number of thiophene rings is 1. The Hall–Kier alpha value is -3.68. The third kappa shape index (κ3) is 6.00. The summed E-state index contributed by atoms with van der Waals surface area (Å²) in [6.45, 7) is 25.5. The molecule has 0 spiro atoms. The van der Waals surface area contributed by atoms with Gasteiger partial charge in [0.2, 0.25) is 0 Å². The minimum atomic E-state index is 1.12. The molecule has 0 unspecified atom stereocenters. The molecule has 0 aliphatic carbocycles. The number of aryl methyl sites for hydroxylation is 2. The minimum Gasteiger partial charge on any atom is -0.135 e. The highest BCUT2D eigenvalue weighted by Gasteiger charge is 2.17. The van der Waals surface area contributed by atoms with Gasteiger partial charge in [0.15, 0.2) is 0 Å². The molecule has 1 heteroatoms. The van der Waals surface area contributed by atoms with Crippen LogP contribution < -0.4 is 0 Å². The van der Waals surface area contributed by atoms with Crippen molar-refractivity contribution in [2.75, 3.05) is 0 Å². The maximum absolute atomic E-state index is 4.21. The summed E-state index contributed by atoms with van der Waals surface area (Å²) < 4.78 is 0. The van der Waals surface area contributed by atoms with Crippen molar-refractivity contribution in [2.24, 2.45) is 0 Å². The monoisotopic (exact) mass is 530 g/mol. The van der Waals surface area contributed by atoms with Gasteiger partial charge in [-0.3, -0.25) is 0 Å². The maximum Gasteiger partial charge on any atom is 0.0387 e. The van der Waals surface area contributed by atoms with Gasteiger partial charge < -0.3 is 0 Å². The largest absolute Gasteiger partial charge is 0.135 e. The zero-order valence-electron chi connectivity index (χ0n) is 24.9. The molecule has 200 valence electrons. The Bertz CT molecular complexity index is 1590. The zero-order chi connectivity index (χ0) is 28.7. The topological polar surface area (TPSA) is 0 Å². The van der Waals surface area contributed by atoms with Gasteiger partial charge in [-0.05, 0) is 134 Å². The summed E-state index contributed by atoms with van der Waals surface area (Å²) in [4.78, 5) is 2.50. The first kappa shape index (κ1) is 29.9. The first-order chi connectivity index (χ1) is 18.8. The standard InChI is InChI=1S/C38H42S/c1-11-19-33-26(8)34-21-17-18-22-35(34)27(9)36(33)23-25(7)29(13-3)24-30(14-4)32(16-6)38-28(10)31(15-5)37(39-38)20-12-2/h11-24H,4-5H2,1-3,6-10H3/b19-11-,20-12-,25-23+,29-13+,30-24+,32-16-. The van der Waals surface area contributed by atoms with Crippen molar-refractivity contribution in [1.29, 1.82) is 0 Å². The average Bonchev–Trinajstić information content (AvgIpc) is 3.25. The molecule has 39 heavy (non-hydrogen) atoms. The lowest BCUT2D eigenvalue weighted by atomic mass is 9.88. The first-order valence-corrected chi connectivity index (χ1v) is 14.5. The van der Waals surface area contributed by atoms with Crippen LogP contribution in [-0.2, 0) is 0 Å². The van der Waals surface area contributed by atoms with E-state index in [1.165, 1.54) is 70.6 Å². The molecule has 0 saturated carbocycles. The Labute approximate surface area is 240 Å². The second-order valence-corrected chi connectivity index (χ2v) is 10.8. The summed E-state index contributed by atoms with van der Waals surface area (Å²) >= 11 is 1.81. The van der Waals surface area contributed by atoms with Crippen LogP contribution in [0.25, 0.3) is 40.6 Å². The maximum atomic E-state index is 4.21. The van der Waals surface area contributed by atoms with Gasteiger partial charge in [0.25, 0.3) is 0 Å². The van der Waals surface area contributed by atoms with Gasteiger partial charge in [-0.15, -0.1) is 11.3 Å². The number of hydrogen-bond donors (Lipinski definition) is 0. The van der Waals surface area contributed by atoms with Crippen molar-refractivity contribution in [3.05, 3.63) is 134 Å². The van der Waals surface area contributed by atoms with Crippen LogP contribution in [0.5, 0.6) is 0 Å². The molecule has 0 radical (unpaired) electrons. The summed E-state index contributed by atoms with van der Waals surface area (Å²) in [5.74, 6) is 0. The molecule has 0 aliphatic heterocycles. The van der Waals surface area contributed by atoms with Crippen molar-refractivity contribution in [2.45, 2.75) is 55.4 Å². The fourth-order valence-corrected chi connectivity index (χ4v) is 6.68. The lowest BCUT2D eigenvalue weighted by molar-refractivity contribution is 1.37. The number of hydrogen-bond acceptors (Lipinski definition) is 1. The van der Waals surface area contributed by atoms with E-state index in [4.69, 9.17) is 0 Å². The highest BCUT2D eigenvalue weighted by molar-refractivity contribution is 7.14. The molecule has 1 heterocycles. The van der Waals surface area contributed by atoms with Crippen LogP contribution in [0, 0.1) is 20.8 Å². The van der Waals surface area contributed by atoms with Gasteiger partial charge in [-0.1, -0.05) is 86.0 Å². The number of allylic oxidation sites excluding steroid dienone is 10. The van der Waals surface area contributed by atoms with E-state index in [0.29, 0.717) is 0 Å². The quantitative estimate of drug-likeness (QED) is 0.241. The first-order valence-electron chi connectivity index (χ1n) is 13.7. The molecule has 3 aromatic rings. The van der Waals surface area contributed by atoms with E-state index in [1.807, 2.05) is 23.5 Å². The molecule has 2 aromatic carbocycles. The average molecular weight is 531 g/mol. The van der Waals surface area contributed by atoms with E-state index < -0.39 is 0 Å². The fourth-order valence-electron chi connectivity index (χ4n) is 5.30. The second kappa shape index (κ2) is 13.4. The zero-order valence-corrected chi connectivity index (χ0v) is 25.7. The molecule has 0 N–H and O–H groups in total. The van der Waals surface area contributed by atoms with Gasteiger partial charge in [-0.25, -0.2) is 0 Å². The number of benzene rings is 2. The third-order valence-electron chi connectivity index (χ3n) is 7.41. The predicted octanol–water partition coefficient (Wildman–Crippen LogP) is 12.1. The van der Waals surface area contributed by atoms with Crippen LogP contribution >= 0.6 is 11.3 Å². The van der Waals surface area contributed by atoms with Gasteiger partial charge in [0, 0.05) is 9.75 Å². The molecular formula is C38H42S. The van der Waals surface area contributed by atoms with Crippen molar-refractivity contribution < 1.29 is 0 Å². The second-order valence-electron chi connectivity index (χ2n) is 9.74. The summed E-state index contributed by atoms with van der Waals surface area (Å²) in [5.41, 5.74) is 12.4. The van der Waals surface area contributed by atoms with Crippen LogP contribution in [0.3, 0.4) is 0 Å².